The quantitative estimate of drug-likeness (QED) is 0.502. The van der Waals surface area contributed by atoms with Crippen LogP contribution >= 0.6 is 23.2 Å². The topological polar surface area (TPSA) is 44.8 Å². The smallest absolute Gasteiger partial charge is 0.338 e. The summed E-state index contributed by atoms with van der Waals surface area (Å²) in [5.74, 6) is -0.749. The lowest BCUT2D eigenvalue weighted by atomic mass is 9.97. The molecule has 1 aliphatic heterocycles. The molecule has 0 atom stereocenters. The molecule has 6 heteroatoms. The molecule has 0 radical (unpaired) electrons. The molecule has 0 aromatic heterocycles. The summed E-state index contributed by atoms with van der Waals surface area (Å²) in [6, 6.07) is 19.4. The summed E-state index contributed by atoms with van der Waals surface area (Å²) in [5, 5.41) is 1.10. The highest BCUT2D eigenvalue weighted by Gasteiger charge is 2.46. The van der Waals surface area contributed by atoms with Gasteiger partial charge in [0.2, 0.25) is 0 Å². The molecule has 0 saturated heterocycles. The first-order chi connectivity index (χ1) is 13.5. The molecule has 0 saturated carbocycles. The van der Waals surface area contributed by atoms with Crippen LogP contribution in [-0.2, 0) is 10.5 Å². The van der Waals surface area contributed by atoms with E-state index in [1.165, 1.54) is 0 Å². The number of ether oxygens (including phenoxy) is 3. The molecule has 1 aliphatic rings. The fourth-order valence-electron chi connectivity index (χ4n) is 3.13. The van der Waals surface area contributed by atoms with Gasteiger partial charge in [0.25, 0.3) is 0 Å². The molecule has 142 valence electrons. The monoisotopic (exact) mass is 414 g/mol. The molecule has 0 amide bonds. The third-order valence-electron chi connectivity index (χ3n) is 4.37. The van der Waals surface area contributed by atoms with E-state index in [1.54, 1.807) is 49.4 Å². The predicted octanol–water partition coefficient (Wildman–Crippen LogP) is 5.84. The Labute approximate surface area is 172 Å². The van der Waals surface area contributed by atoms with E-state index in [2.05, 4.69) is 0 Å². The van der Waals surface area contributed by atoms with Gasteiger partial charge in [0.1, 0.15) is 0 Å². The van der Waals surface area contributed by atoms with E-state index in [9.17, 15) is 4.79 Å². The van der Waals surface area contributed by atoms with Gasteiger partial charge in [-0.3, -0.25) is 0 Å². The number of carbonyl (C=O) groups excluding carboxylic acids is 1. The molecule has 0 aliphatic carbocycles. The van der Waals surface area contributed by atoms with Crippen molar-refractivity contribution in [1.29, 1.82) is 0 Å². The molecule has 3 aromatic carbocycles. The number of halogens is 2. The average Bonchev–Trinajstić information content (AvgIpc) is 3.08. The molecule has 28 heavy (non-hydrogen) atoms. The number of hydrogen-bond donors (Lipinski definition) is 0. The minimum absolute atomic E-state index is 0.294. The molecule has 0 unspecified atom stereocenters. The summed E-state index contributed by atoms with van der Waals surface area (Å²) in [6.07, 6.45) is 0. The second-order valence-corrected chi connectivity index (χ2v) is 7.10. The van der Waals surface area contributed by atoms with Crippen LogP contribution in [0.3, 0.4) is 0 Å². The first kappa shape index (κ1) is 18.7. The molecule has 0 N–H and O–H groups in total. The van der Waals surface area contributed by atoms with Crippen LogP contribution in [0.15, 0.2) is 66.7 Å². The summed E-state index contributed by atoms with van der Waals surface area (Å²) < 4.78 is 17.6. The third-order valence-corrected chi connectivity index (χ3v) is 4.84. The lowest BCUT2D eigenvalue weighted by Crippen LogP contribution is -2.36. The molecule has 4 rings (SSSR count). The summed E-state index contributed by atoms with van der Waals surface area (Å²) in [5.41, 5.74) is 1.80. The zero-order valence-corrected chi connectivity index (χ0v) is 16.5. The Kier molecular flexibility index (Phi) is 4.92. The summed E-state index contributed by atoms with van der Waals surface area (Å²) in [7, 11) is 0. The predicted molar refractivity (Wildman–Crippen MR) is 107 cm³/mol. The Hall–Kier alpha value is -2.69. The van der Waals surface area contributed by atoms with Gasteiger partial charge in [-0.05, 0) is 49.4 Å². The van der Waals surface area contributed by atoms with Gasteiger partial charge >= 0.3 is 11.8 Å². The number of carbonyl (C=O) groups is 1. The zero-order valence-electron chi connectivity index (χ0n) is 14.9. The Balaban J connectivity index is 1.83. The summed E-state index contributed by atoms with van der Waals surface area (Å²) >= 11 is 12.4. The van der Waals surface area contributed by atoms with Gasteiger partial charge in [0.05, 0.1) is 12.2 Å². The number of benzene rings is 3. The van der Waals surface area contributed by atoms with Crippen LogP contribution in [0.1, 0.15) is 28.4 Å². The van der Waals surface area contributed by atoms with Crippen LogP contribution in [-0.4, -0.2) is 12.6 Å². The van der Waals surface area contributed by atoms with E-state index < -0.39 is 11.8 Å². The van der Waals surface area contributed by atoms with Gasteiger partial charge in [0.15, 0.2) is 11.5 Å². The minimum Gasteiger partial charge on any atom is -0.462 e. The average molecular weight is 415 g/mol. The Morgan fingerprint density at radius 2 is 1.50 bits per heavy atom. The maximum absolute atomic E-state index is 12.1. The largest absolute Gasteiger partial charge is 0.462 e. The zero-order chi connectivity index (χ0) is 19.7. The third kappa shape index (κ3) is 3.30. The standard InChI is InChI=1S/C22H16Cl2O4/c1-2-26-21(25)14-9-10-19-20(11-14)28-22(27-19,15-5-3-7-17(23)12-15)16-6-4-8-18(24)13-16/h3-13H,2H2,1H3. The van der Waals surface area contributed by atoms with Gasteiger partial charge in [-0.1, -0.05) is 47.5 Å². The van der Waals surface area contributed by atoms with E-state index in [0.717, 1.165) is 0 Å². The van der Waals surface area contributed by atoms with Crippen molar-refractivity contribution >= 4 is 29.2 Å². The molecule has 1 heterocycles. The first-order valence-corrected chi connectivity index (χ1v) is 9.49. The molecule has 0 fully saturated rings. The van der Waals surface area contributed by atoms with E-state index in [4.69, 9.17) is 37.4 Å². The molecule has 4 nitrogen and oxygen atoms in total. The molecular weight excluding hydrogens is 399 g/mol. The number of rotatable bonds is 4. The second kappa shape index (κ2) is 7.38. The highest BCUT2D eigenvalue weighted by molar-refractivity contribution is 6.31. The number of esters is 1. The Morgan fingerprint density at radius 3 is 2.07 bits per heavy atom. The molecule has 0 bridgehead atoms. The van der Waals surface area contributed by atoms with Gasteiger partial charge in [-0.25, -0.2) is 4.79 Å². The van der Waals surface area contributed by atoms with Gasteiger partial charge in [0, 0.05) is 21.2 Å². The SMILES string of the molecule is CCOC(=O)c1ccc2c(c1)OC(c1cccc(Cl)c1)(c1cccc(Cl)c1)O2. The fourth-order valence-corrected chi connectivity index (χ4v) is 3.51. The lowest BCUT2D eigenvalue weighted by Gasteiger charge is -2.29. The van der Waals surface area contributed by atoms with Crippen LogP contribution in [0.4, 0.5) is 0 Å². The van der Waals surface area contributed by atoms with E-state index in [0.29, 0.717) is 44.8 Å². The van der Waals surface area contributed by atoms with Crippen LogP contribution in [0, 0.1) is 0 Å². The second-order valence-electron chi connectivity index (χ2n) is 6.22. The van der Waals surface area contributed by atoms with Gasteiger partial charge < -0.3 is 14.2 Å². The minimum atomic E-state index is -1.27. The maximum Gasteiger partial charge on any atom is 0.338 e. The summed E-state index contributed by atoms with van der Waals surface area (Å²) in [4.78, 5) is 12.1. The van der Waals surface area contributed by atoms with Crippen molar-refractivity contribution in [2.75, 3.05) is 6.61 Å². The number of hydrogen-bond acceptors (Lipinski definition) is 4. The van der Waals surface area contributed by atoms with E-state index in [-0.39, 0.29) is 0 Å². The van der Waals surface area contributed by atoms with Crippen molar-refractivity contribution in [3.8, 4) is 11.5 Å². The Morgan fingerprint density at radius 1 is 0.893 bits per heavy atom. The highest BCUT2D eigenvalue weighted by Crippen LogP contribution is 2.48. The molecular formula is C22H16Cl2O4. The highest BCUT2D eigenvalue weighted by atomic mass is 35.5. The summed E-state index contributed by atoms with van der Waals surface area (Å²) in [6.45, 7) is 2.05. The van der Waals surface area contributed by atoms with Crippen LogP contribution in [0.25, 0.3) is 0 Å². The van der Waals surface area contributed by atoms with Crippen molar-refractivity contribution < 1.29 is 19.0 Å². The molecule has 0 spiro atoms. The van der Waals surface area contributed by atoms with Crippen molar-refractivity contribution in [3.05, 3.63) is 93.5 Å². The van der Waals surface area contributed by atoms with Gasteiger partial charge in [-0.2, -0.15) is 0 Å². The first-order valence-electron chi connectivity index (χ1n) is 8.73. The van der Waals surface area contributed by atoms with Crippen LogP contribution in [0.5, 0.6) is 11.5 Å². The van der Waals surface area contributed by atoms with Crippen molar-refractivity contribution in [1.82, 2.24) is 0 Å². The molecule has 3 aromatic rings. The maximum atomic E-state index is 12.1. The van der Waals surface area contributed by atoms with Gasteiger partial charge in [-0.15, -0.1) is 0 Å². The lowest BCUT2D eigenvalue weighted by molar-refractivity contribution is -0.0459. The normalized spacial score (nSPS) is 14.0. The Bertz CT molecular complexity index is 1000. The van der Waals surface area contributed by atoms with E-state index in [1.807, 2.05) is 24.3 Å². The fraction of sp³-hybridized carbons (Fsp3) is 0.136. The van der Waals surface area contributed by atoms with Crippen molar-refractivity contribution in [2.24, 2.45) is 0 Å². The van der Waals surface area contributed by atoms with Crippen LogP contribution in [0.2, 0.25) is 10.0 Å². The van der Waals surface area contributed by atoms with Crippen molar-refractivity contribution in [3.63, 3.8) is 0 Å². The number of fused-ring (bicyclic) bond motifs is 1. The van der Waals surface area contributed by atoms with Crippen LogP contribution < -0.4 is 9.47 Å². The van der Waals surface area contributed by atoms with Crippen molar-refractivity contribution in [2.45, 2.75) is 12.7 Å². The van der Waals surface area contributed by atoms with E-state index >= 15 is 0 Å².